The number of hydrogen-bond acceptors (Lipinski definition) is 3. The molecule has 2 aromatic heterocycles. The van der Waals surface area contributed by atoms with Crippen molar-refractivity contribution < 1.29 is 4.79 Å². The van der Waals surface area contributed by atoms with E-state index in [0.717, 1.165) is 22.5 Å². The molecule has 0 fully saturated rings. The summed E-state index contributed by atoms with van der Waals surface area (Å²) < 4.78 is 1.82. The lowest BCUT2D eigenvalue weighted by molar-refractivity contribution is 0.0951. The van der Waals surface area contributed by atoms with E-state index in [1.807, 2.05) is 18.5 Å². The standard InChI is InChI=1S/C18H17Cl2N5O/c1-11-13(9-22-23-18(26)17-7-4-8-21-17)12(2)25(24-11)10-14-15(19)5-3-6-16(14)20/h3-9,21H,10H2,1-2H3,(H,23,26)/b22-9-. The molecule has 3 aromatic rings. The summed E-state index contributed by atoms with van der Waals surface area (Å²) in [4.78, 5) is 14.7. The summed E-state index contributed by atoms with van der Waals surface area (Å²) in [6, 6.07) is 8.82. The van der Waals surface area contributed by atoms with Crippen LogP contribution < -0.4 is 5.43 Å². The predicted molar refractivity (Wildman–Crippen MR) is 103 cm³/mol. The number of benzene rings is 1. The van der Waals surface area contributed by atoms with Crippen molar-refractivity contribution in [2.24, 2.45) is 5.10 Å². The molecule has 0 atom stereocenters. The molecule has 1 amide bonds. The largest absolute Gasteiger partial charge is 0.357 e. The minimum Gasteiger partial charge on any atom is -0.357 e. The number of aryl methyl sites for hydroxylation is 1. The highest BCUT2D eigenvalue weighted by molar-refractivity contribution is 6.35. The van der Waals surface area contributed by atoms with Gasteiger partial charge in [0.1, 0.15) is 5.69 Å². The summed E-state index contributed by atoms with van der Waals surface area (Å²) in [6.45, 7) is 4.26. The topological polar surface area (TPSA) is 75.1 Å². The van der Waals surface area contributed by atoms with E-state index >= 15 is 0 Å². The van der Waals surface area contributed by atoms with Gasteiger partial charge >= 0.3 is 0 Å². The number of halogens is 2. The number of H-pyrrole nitrogens is 1. The first-order valence-corrected chi connectivity index (χ1v) is 8.66. The first-order chi connectivity index (χ1) is 12.5. The van der Waals surface area contributed by atoms with Gasteiger partial charge in [-0.25, -0.2) is 5.43 Å². The Hall–Kier alpha value is -2.57. The number of carbonyl (C=O) groups is 1. The Bertz CT molecular complexity index is 940. The average Bonchev–Trinajstić information content (AvgIpc) is 3.22. The average molecular weight is 390 g/mol. The molecule has 26 heavy (non-hydrogen) atoms. The van der Waals surface area contributed by atoms with Crippen molar-refractivity contribution in [2.75, 3.05) is 0 Å². The number of rotatable bonds is 5. The molecule has 3 rings (SSSR count). The lowest BCUT2D eigenvalue weighted by atomic mass is 10.2. The van der Waals surface area contributed by atoms with Crippen LogP contribution in [0.5, 0.6) is 0 Å². The fraction of sp³-hybridized carbons (Fsp3) is 0.167. The van der Waals surface area contributed by atoms with E-state index in [4.69, 9.17) is 23.2 Å². The number of aromatic amines is 1. The van der Waals surface area contributed by atoms with Gasteiger partial charge in [-0.15, -0.1) is 0 Å². The van der Waals surface area contributed by atoms with Crippen molar-refractivity contribution in [2.45, 2.75) is 20.4 Å². The van der Waals surface area contributed by atoms with E-state index in [9.17, 15) is 4.79 Å². The first-order valence-electron chi connectivity index (χ1n) is 7.91. The summed E-state index contributed by atoms with van der Waals surface area (Å²) in [6.07, 6.45) is 3.26. The summed E-state index contributed by atoms with van der Waals surface area (Å²) in [5.74, 6) is -0.309. The lowest BCUT2D eigenvalue weighted by Crippen LogP contribution is -2.17. The predicted octanol–water partition coefficient (Wildman–Crippen LogP) is 3.95. The minimum absolute atomic E-state index is 0.309. The fourth-order valence-electron chi connectivity index (χ4n) is 2.57. The maximum atomic E-state index is 11.9. The summed E-state index contributed by atoms with van der Waals surface area (Å²) in [5.41, 5.74) is 6.27. The van der Waals surface area contributed by atoms with Gasteiger partial charge in [0.15, 0.2) is 0 Å². The molecule has 134 valence electrons. The number of amides is 1. The Kier molecular flexibility index (Phi) is 5.44. The third-order valence-corrected chi connectivity index (χ3v) is 4.72. The Morgan fingerprint density at radius 1 is 1.27 bits per heavy atom. The van der Waals surface area contributed by atoms with Crippen LogP contribution in [0.4, 0.5) is 0 Å². The van der Waals surface area contributed by atoms with Crippen LogP contribution in [0.2, 0.25) is 10.0 Å². The van der Waals surface area contributed by atoms with Gasteiger partial charge in [0, 0.05) is 33.1 Å². The van der Waals surface area contributed by atoms with Crippen molar-refractivity contribution >= 4 is 35.3 Å². The van der Waals surface area contributed by atoms with Crippen LogP contribution in [-0.4, -0.2) is 26.9 Å². The van der Waals surface area contributed by atoms with E-state index in [0.29, 0.717) is 22.3 Å². The molecule has 8 heteroatoms. The second-order valence-electron chi connectivity index (χ2n) is 5.73. The molecule has 0 aliphatic carbocycles. The van der Waals surface area contributed by atoms with Crippen LogP contribution in [0.3, 0.4) is 0 Å². The fourth-order valence-corrected chi connectivity index (χ4v) is 3.09. The Labute approximate surface area is 160 Å². The Balaban J connectivity index is 1.78. The molecule has 0 saturated carbocycles. The maximum Gasteiger partial charge on any atom is 0.287 e. The van der Waals surface area contributed by atoms with Gasteiger partial charge in [0.25, 0.3) is 5.91 Å². The first kappa shape index (κ1) is 18.2. The van der Waals surface area contributed by atoms with E-state index in [1.54, 1.807) is 42.7 Å². The van der Waals surface area contributed by atoms with Gasteiger partial charge in [-0.2, -0.15) is 10.2 Å². The maximum absolute atomic E-state index is 11.9. The van der Waals surface area contributed by atoms with Crippen molar-refractivity contribution in [3.05, 3.63) is 74.8 Å². The zero-order chi connectivity index (χ0) is 18.7. The monoisotopic (exact) mass is 389 g/mol. The van der Waals surface area contributed by atoms with Crippen LogP contribution in [0.15, 0.2) is 41.6 Å². The third-order valence-electron chi connectivity index (χ3n) is 4.01. The van der Waals surface area contributed by atoms with Gasteiger partial charge in [-0.1, -0.05) is 29.3 Å². The highest BCUT2D eigenvalue weighted by atomic mass is 35.5. The summed E-state index contributed by atoms with van der Waals surface area (Å²) in [5, 5.41) is 9.74. The zero-order valence-corrected chi connectivity index (χ0v) is 15.8. The number of carbonyl (C=O) groups excluding carboxylic acids is 1. The number of nitrogens with zero attached hydrogens (tertiary/aromatic N) is 3. The van der Waals surface area contributed by atoms with Gasteiger partial charge in [0.2, 0.25) is 0 Å². The van der Waals surface area contributed by atoms with Crippen LogP contribution in [-0.2, 0) is 6.54 Å². The van der Waals surface area contributed by atoms with Crippen molar-refractivity contribution in [3.63, 3.8) is 0 Å². The summed E-state index contributed by atoms with van der Waals surface area (Å²) >= 11 is 12.5. The zero-order valence-electron chi connectivity index (χ0n) is 14.3. The second kappa shape index (κ2) is 7.76. The molecule has 2 N–H and O–H groups in total. The molecule has 0 aliphatic rings. The third kappa shape index (κ3) is 3.81. The molecule has 0 saturated heterocycles. The van der Waals surface area contributed by atoms with E-state index < -0.39 is 0 Å². The molecule has 0 spiro atoms. The molecule has 0 unspecified atom stereocenters. The van der Waals surface area contributed by atoms with Gasteiger partial charge in [-0.3, -0.25) is 9.48 Å². The molecule has 0 aliphatic heterocycles. The van der Waals surface area contributed by atoms with Gasteiger partial charge in [0.05, 0.1) is 18.5 Å². The number of nitrogens with one attached hydrogen (secondary N) is 2. The normalized spacial score (nSPS) is 11.2. The van der Waals surface area contributed by atoms with Crippen LogP contribution >= 0.6 is 23.2 Å². The quantitative estimate of drug-likeness (QED) is 0.511. The summed E-state index contributed by atoms with van der Waals surface area (Å²) in [7, 11) is 0. The second-order valence-corrected chi connectivity index (χ2v) is 6.54. The molecule has 0 radical (unpaired) electrons. The van der Waals surface area contributed by atoms with Gasteiger partial charge < -0.3 is 4.98 Å². The number of hydrazone groups is 1. The smallest absolute Gasteiger partial charge is 0.287 e. The molecule has 1 aromatic carbocycles. The highest BCUT2D eigenvalue weighted by Gasteiger charge is 2.13. The minimum atomic E-state index is -0.309. The highest BCUT2D eigenvalue weighted by Crippen LogP contribution is 2.26. The van der Waals surface area contributed by atoms with E-state index in [2.05, 4.69) is 20.6 Å². The Morgan fingerprint density at radius 3 is 2.65 bits per heavy atom. The number of aromatic nitrogens is 3. The van der Waals surface area contributed by atoms with Crippen LogP contribution in [0.25, 0.3) is 0 Å². The number of hydrogen-bond donors (Lipinski definition) is 2. The SMILES string of the molecule is Cc1nn(Cc2c(Cl)cccc2Cl)c(C)c1/C=N\NC(=O)c1ccc[nH]1. The van der Waals surface area contributed by atoms with Crippen LogP contribution in [0, 0.1) is 13.8 Å². The van der Waals surface area contributed by atoms with Crippen molar-refractivity contribution in [1.82, 2.24) is 20.2 Å². The lowest BCUT2D eigenvalue weighted by Gasteiger charge is -2.08. The van der Waals surface area contributed by atoms with E-state index in [-0.39, 0.29) is 5.91 Å². The molecule has 0 bridgehead atoms. The van der Waals surface area contributed by atoms with Gasteiger partial charge in [-0.05, 0) is 38.1 Å². The molecular formula is C18H17Cl2N5O. The van der Waals surface area contributed by atoms with Crippen LogP contribution in [0.1, 0.15) is 33.0 Å². The van der Waals surface area contributed by atoms with Crippen molar-refractivity contribution in [1.29, 1.82) is 0 Å². The molecular weight excluding hydrogens is 373 g/mol. The molecule has 2 heterocycles. The van der Waals surface area contributed by atoms with Crippen molar-refractivity contribution in [3.8, 4) is 0 Å². The van der Waals surface area contributed by atoms with E-state index in [1.165, 1.54) is 0 Å². The molecule has 6 nitrogen and oxygen atoms in total. The Morgan fingerprint density at radius 2 is 2.00 bits per heavy atom.